The van der Waals surface area contributed by atoms with Gasteiger partial charge in [0.05, 0.1) is 18.8 Å². The van der Waals surface area contributed by atoms with E-state index in [-0.39, 0.29) is 11.6 Å². The maximum Gasteiger partial charge on any atom is 0.122 e. The van der Waals surface area contributed by atoms with E-state index in [1.54, 1.807) is 7.11 Å². The molecule has 0 radical (unpaired) electrons. The van der Waals surface area contributed by atoms with Crippen molar-refractivity contribution < 1.29 is 9.47 Å². The lowest BCUT2D eigenvalue weighted by atomic mass is 9.84. The van der Waals surface area contributed by atoms with Crippen molar-refractivity contribution in [1.82, 2.24) is 0 Å². The first-order valence-corrected chi connectivity index (χ1v) is 7.58. The number of aryl methyl sites for hydroxylation is 2. The van der Waals surface area contributed by atoms with Crippen molar-refractivity contribution in [2.75, 3.05) is 13.7 Å². The number of hydrogen-bond donors (Lipinski definition) is 1. The standard InChI is InChI=1S/C17H27NO2/c1-5-20-17(8-6-7-9-17)16(18)14-10-13(3)15(19-4)11-12(14)2/h10-11,16H,5-9,18H2,1-4H3. The van der Waals surface area contributed by atoms with E-state index in [4.69, 9.17) is 15.2 Å². The van der Waals surface area contributed by atoms with Crippen molar-refractivity contribution >= 4 is 0 Å². The molecule has 112 valence electrons. The minimum absolute atomic E-state index is 0.0606. The number of hydrogen-bond acceptors (Lipinski definition) is 3. The summed E-state index contributed by atoms with van der Waals surface area (Å²) in [7, 11) is 1.71. The first-order chi connectivity index (χ1) is 9.54. The van der Waals surface area contributed by atoms with Crippen LogP contribution in [0.5, 0.6) is 5.75 Å². The Labute approximate surface area is 122 Å². The van der Waals surface area contributed by atoms with E-state index in [2.05, 4.69) is 32.9 Å². The summed E-state index contributed by atoms with van der Waals surface area (Å²) in [5.74, 6) is 0.926. The van der Waals surface area contributed by atoms with E-state index in [0.29, 0.717) is 0 Å². The van der Waals surface area contributed by atoms with Crippen LogP contribution < -0.4 is 10.5 Å². The molecule has 2 N–H and O–H groups in total. The average molecular weight is 277 g/mol. The molecule has 0 bridgehead atoms. The van der Waals surface area contributed by atoms with Gasteiger partial charge in [-0.3, -0.25) is 0 Å². The molecule has 1 aromatic rings. The van der Waals surface area contributed by atoms with Gasteiger partial charge in [-0.1, -0.05) is 18.9 Å². The van der Waals surface area contributed by atoms with Crippen LogP contribution in [0, 0.1) is 13.8 Å². The lowest BCUT2D eigenvalue weighted by molar-refractivity contribution is -0.0537. The van der Waals surface area contributed by atoms with Gasteiger partial charge in [0, 0.05) is 6.61 Å². The molecule has 0 spiro atoms. The predicted molar refractivity (Wildman–Crippen MR) is 82.2 cm³/mol. The second-order valence-corrected chi connectivity index (χ2v) is 5.86. The van der Waals surface area contributed by atoms with Crippen molar-refractivity contribution in [3.8, 4) is 5.75 Å². The Morgan fingerprint density at radius 1 is 1.20 bits per heavy atom. The Morgan fingerprint density at radius 3 is 2.40 bits per heavy atom. The fourth-order valence-corrected chi connectivity index (χ4v) is 3.46. The molecular weight excluding hydrogens is 250 g/mol. The van der Waals surface area contributed by atoms with Gasteiger partial charge in [0.25, 0.3) is 0 Å². The largest absolute Gasteiger partial charge is 0.496 e. The van der Waals surface area contributed by atoms with Crippen molar-refractivity contribution in [2.45, 2.75) is 58.1 Å². The molecule has 3 nitrogen and oxygen atoms in total. The van der Waals surface area contributed by atoms with E-state index in [1.165, 1.54) is 24.0 Å². The number of benzene rings is 1. The van der Waals surface area contributed by atoms with Gasteiger partial charge in [0.15, 0.2) is 0 Å². The molecule has 0 aliphatic heterocycles. The Morgan fingerprint density at radius 2 is 1.85 bits per heavy atom. The Hall–Kier alpha value is -1.06. The average Bonchev–Trinajstić information content (AvgIpc) is 2.90. The van der Waals surface area contributed by atoms with Crippen LogP contribution in [0.4, 0.5) is 0 Å². The van der Waals surface area contributed by atoms with E-state index in [0.717, 1.165) is 30.8 Å². The van der Waals surface area contributed by atoms with Crippen LogP contribution in [0.1, 0.15) is 55.3 Å². The molecule has 1 unspecified atom stereocenters. The summed E-state index contributed by atoms with van der Waals surface area (Å²) in [6.07, 6.45) is 4.54. The van der Waals surface area contributed by atoms with E-state index >= 15 is 0 Å². The molecule has 0 saturated heterocycles. The third kappa shape index (κ3) is 2.70. The molecular formula is C17H27NO2. The molecule has 3 heteroatoms. The highest BCUT2D eigenvalue weighted by Crippen LogP contribution is 2.43. The van der Waals surface area contributed by atoms with Gasteiger partial charge in [-0.05, 0) is 56.4 Å². The summed E-state index contributed by atoms with van der Waals surface area (Å²) in [6.45, 7) is 6.95. The van der Waals surface area contributed by atoms with Crippen LogP contribution in [0.3, 0.4) is 0 Å². The monoisotopic (exact) mass is 277 g/mol. The molecule has 20 heavy (non-hydrogen) atoms. The van der Waals surface area contributed by atoms with Crippen molar-refractivity contribution in [3.63, 3.8) is 0 Å². The lowest BCUT2D eigenvalue weighted by Gasteiger charge is -2.36. The maximum atomic E-state index is 6.62. The van der Waals surface area contributed by atoms with Crippen LogP contribution in [-0.2, 0) is 4.74 Å². The number of nitrogens with two attached hydrogens (primary N) is 1. The molecule has 0 aromatic heterocycles. The summed E-state index contributed by atoms with van der Waals surface area (Å²) >= 11 is 0. The van der Waals surface area contributed by atoms with Gasteiger partial charge in [-0.2, -0.15) is 0 Å². The zero-order valence-corrected chi connectivity index (χ0v) is 13.2. The van der Waals surface area contributed by atoms with Gasteiger partial charge >= 0.3 is 0 Å². The summed E-state index contributed by atoms with van der Waals surface area (Å²) < 4.78 is 11.5. The van der Waals surface area contributed by atoms with E-state index in [9.17, 15) is 0 Å². The molecule has 0 amide bonds. The zero-order valence-electron chi connectivity index (χ0n) is 13.2. The molecule has 1 aromatic carbocycles. The zero-order chi connectivity index (χ0) is 14.8. The minimum atomic E-state index is -0.180. The topological polar surface area (TPSA) is 44.5 Å². The maximum absolute atomic E-state index is 6.62. The highest BCUT2D eigenvalue weighted by Gasteiger charge is 2.41. The van der Waals surface area contributed by atoms with E-state index in [1.807, 2.05) is 0 Å². The summed E-state index contributed by atoms with van der Waals surface area (Å²) in [4.78, 5) is 0. The molecule has 2 rings (SSSR count). The number of rotatable bonds is 5. The van der Waals surface area contributed by atoms with Crippen LogP contribution in [0.25, 0.3) is 0 Å². The highest BCUT2D eigenvalue weighted by atomic mass is 16.5. The molecule has 1 aliphatic carbocycles. The van der Waals surface area contributed by atoms with Crippen LogP contribution in [0.15, 0.2) is 12.1 Å². The Kier molecular flexibility index (Phi) is 4.71. The Balaban J connectivity index is 2.36. The normalized spacial score (nSPS) is 19.1. The summed E-state index contributed by atoms with van der Waals surface area (Å²) in [6, 6.07) is 4.19. The SMILES string of the molecule is CCOC1(C(N)c2cc(C)c(OC)cc2C)CCCC1. The van der Waals surface area contributed by atoms with Gasteiger partial charge < -0.3 is 15.2 Å². The highest BCUT2D eigenvalue weighted by molar-refractivity contribution is 5.43. The minimum Gasteiger partial charge on any atom is -0.496 e. The molecule has 0 heterocycles. The third-order valence-electron chi connectivity index (χ3n) is 4.57. The fourth-order valence-electron chi connectivity index (χ4n) is 3.46. The van der Waals surface area contributed by atoms with Crippen LogP contribution in [0.2, 0.25) is 0 Å². The van der Waals surface area contributed by atoms with Crippen molar-refractivity contribution in [3.05, 3.63) is 28.8 Å². The second kappa shape index (κ2) is 6.15. The summed E-state index contributed by atoms with van der Waals surface area (Å²) in [5, 5.41) is 0. The molecule has 1 saturated carbocycles. The first kappa shape index (κ1) is 15.3. The lowest BCUT2D eigenvalue weighted by Crippen LogP contribution is -2.41. The molecule has 1 fully saturated rings. The number of methoxy groups -OCH3 is 1. The number of ether oxygens (including phenoxy) is 2. The van der Waals surface area contributed by atoms with Gasteiger partial charge in [0.2, 0.25) is 0 Å². The molecule has 1 aliphatic rings. The van der Waals surface area contributed by atoms with Gasteiger partial charge in [-0.15, -0.1) is 0 Å². The van der Waals surface area contributed by atoms with E-state index < -0.39 is 0 Å². The first-order valence-electron chi connectivity index (χ1n) is 7.58. The predicted octanol–water partition coefficient (Wildman–Crippen LogP) is 3.66. The smallest absolute Gasteiger partial charge is 0.122 e. The van der Waals surface area contributed by atoms with Crippen LogP contribution in [-0.4, -0.2) is 19.3 Å². The quantitative estimate of drug-likeness (QED) is 0.893. The van der Waals surface area contributed by atoms with Gasteiger partial charge in [-0.25, -0.2) is 0 Å². The third-order valence-corrected chi connectivity index (χ3v) is 4.57. The van der Waals surface area contributed by atoms with Crippen molar-refractivity contribution in [2.24, 2.45) is 5.73 Å². The summed E-state index contributed by atoms with van der Waals surface area (Å²) in [5.41, 5.74) is 9.95. The Bertz CT molecular complexity index is 464. The van der Waals surface area contributed by atoms with Crippen LogP contribution >= 0.6 is 0 Å². The molecule has 1 atom stereocenters. The van der Waals surface area contributed by atoms with Crippen molar-refractivity contribution in [1.29, 1.82) is 0 Å². The second-order valence-electron chi connectivity index (χ2n) is 5.86. The van der Waals surface area contributed by atoms with Gasteiger partial charge in [0.1, 0.15) is 5.75 Å². The fraction of sp³-hybridized carbons (Fsp3) is 0.647.